The molecule has 0 fully saturated rings. The lowest BCUT2D eigenvalue weighted by Crippen LogP contribution is -1.91. The first-order chi connectivity index (χ1) is 7.16. The molecular weight excluding hydrogens is 194 g/mol. The number of carbonyl (C=O) groups is 1. The van der Waals surface area contributed by atoms with Gasteiger partial charge >= 0.3 is 0 Å². The van der Waals surface area contributed by atoms with Crippen molar-refractivity contribution in [1.82, 2.24) is 4.98 Å². The van der Waals surface area contributed by atoms with Crippen LogP contribution in [0.3, 0.4) is 0 Å². The van der Waals surface area contributed by atoms with Crippen LogP contribution in [-0.4, -0.2) is 15.9 Å². The highest BCUT2D eigenvalue weighted by Crippen LogP contribution is 2.21. The molecule has 1 heterocycles. The van der Waals surface area contributed by atoms with Gasteiger partial charge in [-0.05, 0) is 24.3 Å². The summed E-state index contributed by atoms with van der Waals surface area (Å²) in [6.45, 7) is 1.43. The van der Waals surface area contributed by atoms with E-state index in [4.69, 9.17) is 9.52 Å². The fraction of sp³-hybridized carbons (Fsp3) is 0.0909. The summed E-state index contributed by atoms with van der Waals surface area (Å²) in [6, 6.07) is 6.41. The summed E-state index contributed by atoms with van der Waals surface area (Å²) >= 11 is 0. The molecule has 0 spiro atoms. The highest BCUT2D eigenvalue weighted by Gasteiger charge is 2.09. The molecule has 0 aliphatic rings. The smallest absolute Gasteiger partial charge is 0.226 e. The van der Waals surface area contributed by atoms with E-state index in [0.717, 1.165) is 5.56 Å². The molecule has 4 heteroatoms. The molecule has 1 N–H and O–H groups in total. The maximum Gasteiger partial charge on any atom is 0.226 e. The van der Waals surface area contributed by atoms with Gasteiger partial charge in [-0.15, -0.1) is 0 Å². The molecule has 2 aromatic rings. The molecular formula is C11H9NO3. The molecule has 0 saturated carbocycles. The second-order valence-electron chi connectivity index (χ2n) is 3.14. The molecule has 15 heavy (non-hydrogen) atoms. The zero-order valence-electron chi connectivity index (χ0n) is 8.10. The van der Waals surface area contributed by atoms with Gasteiger partial charge in [-0.25, -0.2) is 4.98 Å². The molecule has 0 aliphatic heterocycles. The summed E-state index contributed by atoms with van der Waals surface area (Å²) in [5.74, 6) is 0.418. The third kappa shape index (κ3) is 1.88. The summed E-state index contributed by atoms with van der Waals surface area (Å²) in [6.07, 6.45) is 1.32. The Hall–Kier alpha value is -2.10. The second-order valence-corrected chi connectivity index (χ2v) is 3.14. The highest BCUT2D eigenvalue weighted by atomic mass is 16.3. The molecule has 0 bridgehead atoms. The van der Waals surface area contributed by atoms with Crippen LogP contribution in [-0.2, 0) is 0 Å². The van der Waals surface area contributed by atoms with E-state index in [1.165, 1.54) is 25.3 Å². The summed E-state index contributed by atoms with van der Waals surface area (Å²) in [7, 11) is 0. The topological polar surface area (TPSA) is 63.3 Å². The second kappa shape index (κ2) is 3.57. The van der Waals surface area contributed by atoms with Crippen molar-refractivity contribution in [2.75, 3.05) is 0 Å². The average Bonchev–Trinajstić information content (AvgIpc) is 2.68. The molecule has 0 amide bonds. The van der Waals surface area contributed by atoms with Crippen LogP contribution in [0.1, 0.15) is 17.4 Å². The maximum absolute atomic E-state index is 11.0. The largest absolute Gasteiger partial charge is 0.508 e. The van der Waals surface area contributed by atoms with Gasteiger partial charge in [0.2, 0.25) is 5.89 Å². The van der Waals surface area contributed by atoms with E-state index in [2.05, 4.69) is 4.98 Å². The van der Waals surface area contributed by atoms with E-state index in [0.29, 0.717) is 11.6 Å². The minimum Gasteiger partial charge on any atom is -0.508 e. The highest BCUT2D eigenvalue weighted by molar-refractivity contribution is 5.92. The van der Waals surface area contributed by atoms with Crippen molar-refractivity contribution in [3.05, 3.63) is 36.2 Å². The van der Waals surface area contributed by atoms with Crippen LogP contribution in [0.25, 0.3) is 11.5 Å². The first kappa shape index (κ1) is 9.45. The van der Waals surface area contributed by atoms with Gasteiger partial charge in [-0.2, -0.15) is 0 Å². The van der Waals surface area contributed by atoms with Crippen molar-refractivity contribution < 1.29 is 14.3 Å². The third-order valence-corrected chi connectivity index (χ3v) is 1.98. The monoisotopic (exact) mass is 203 g/mol. The molecule has 2 rings (SSSR count). The summed E-state index contributed by atoms with van der Waals surface area (Å²) < 4.78 is 5.14. The summed E-state index contributed by atoms with van der Waals surface area (Å²) in [5, 5.41) is 9.09. The van der Waals surface area contributed by atoms with E-state index < -0.39 is 0 Å². The van der Waals surface area contributed by atoms with Crippen LogP contribution in [0.4, 0.5) is 0 Å². The van der Waals surface area contributed by atoms with Gasteiger partial charge in [0, 0.05) is 12.5 Å². The third-order valence-electron chi connectivity index (χ3n) is 1.98. The number of phenols is 1. The molecule has 76 valence electrons. The summed E-state index contributed by atoms with van der Waals surface area (Å²) in [4.78, 5) is 15.0. The number of hydrogen-bond donors (Lipinski definition) is 1. The quantitative estimate of drug-likeness (QED) is 0.760. The van der Waals surface area contributed by atoms with Crippen LogP contribution >= 0.6 is 0 Å². The zero-order chi connectivity index (χ0) is 10.8. The Morgan fingerprint density at radius 3 is 2.53 bits per heavy atom. The molecule has 0 aliphatic carbocycles. The Kier molecular flexibility index (Phi) is 2.25. The Bertz CT molecular complexity index is 485. The predicted molar refractivity (Wildman–Crippen MR) is 53.6 cm³/mol. The molecule has 0 unspecified atom stereocenters. The SMILES string of the molecule is CC(=O)c1coc(-c2ccc(O)cc2)n1. The van der Waals surface area contributed by atoms with Gasteiger partial charge in [-0.1, -0.05) is 0 Å². The number of Topliss-reactive ketones (excluding diaryl/α,β-unsaturated/α-hetero) is 1. The van der Waals surface area contributed by atoms with Gasteiger partial charge in [0.15, 0.2) is 5.78 Å². The van der Waals surface area contributed by atoms with E-state index in [1.807, 2.05) is 0 Å². The van der Waals surface area contributed by atoms with Crippen LogP contribution in [0.5, 0.6) is 5.75 Å². The minimum atomic E-state index is -0.135. The Balaban J connectivity index is 2.37. The minimum absolute atomic E-state index is 0.135. The lowest BCUT2D eigenvalue weighted by molar-refractivity contribution is 0.101. The number of aromatic nitrogens is 1. The van der Waals surface area contributed by atoms with E-state index >= 15 is 0 Å². The van der Waals surface area contributed by atoms with Gasteiger partial charge < -0.3 is 9.52 Å². The number of oxazole rings is 1. The van der Waals surface area contributed by atoms with Crippen LogP contribution in [0, 0.1) is 0 Å². The number of carbonyl (C=O) groups excluding carboxylic acids is 1. The standard InChI is InChI=1S/C11H9NO3/c1-7(13)10-6-15-11(12-10)8-2-4-9(14)5-3-8/h2-6,14H,1H3. The fourth-order valence-corrected chi connectivity index (χ4v) is 1.17. The number of phenolic OH excluding ortho intramolecular Hbond substituents is 1. The van der Waals surface area contributed by atoms with Gasteiger partial charge in [0.25, 0.3) is 0 Å². The van der Waals surface area contributed by atoms with Gasteiger partial charge in [0.1, 0.15) is 17.7 Å². The number of aromatic hydroxyl groups is 1. The number of ketones is 1. The molecule has 0 atom stereocenters. The van der Waals surface area contributed by atoms with Gasteiger partial charge in [0.05, 0.1) is 0 Å². The average molecular weight is 203 g/mol. The van der Waals surface area contributed by atoms with Crippen molar-refractivity contribution in [2.24, 2.45) is 0 Å². The van der Waals surface area contributed by atoms with E-state index in [1.54, 1.807) is 12.1 Å². The number of benzene rings is 1. The number of hydrogen-bond acceptors (Lipinski definition) is 4. The van der Waals surface area contributed by atoms with Crippen molar-refractivity contribution in [1.29, 1.82) is 0 Å². The maximum atomic E-state index is 11.0. The Morgan fingerprint density at radius 2 is 2.00 bits per heavy atom. The normalized spacial score (nSPS) is 10.2. The van der Waals surface area contributed by atoms with Crippen LogP contribution in [0.15, 0.2) is 34.9 Å². The van der Waals surface area contributed by atoms with Gasteiger partial charge in [-0.3, -0.25) is 4.79 Å². The lowest BCUT2D eigenvalue weighted by atomic mass is 10.2. The Morgan fingerprint density at radius 1 is 1.33 bits per heavy atom. The van der Waals surface area contributed by atoms with Crippen molar-refractivity contribution >= 4 is 5.78 Å². The van der Waals surface area contributed by atoms with E-state index in [9.17, 15) is 4.79 Å². The fourth-order valence-electron chi connectivity index (χ4n) is 1.17. The zero-order valence-corrected chi connectivity index (χ0v) is 8.10. The molecule has 0 radical (unpaired) electrons. The molecule has 0 saturated heterocycles. The van der Waals surface area contributed by atoms with Crippen molar-refractivity contribution in [2.45, 2.75) is 6.92 Å². The summed E-state index contributed by atoms with van der Waals surface area (Å²) in [5.41, 5.74) is 1.03. The lowest BCUT2D eigenvalue weighted by Gasteiger charge is -1.94. The number of nitrogens with zero attached hydrogens (tertiary/aromatic N) is 1. The number of rotatable bonds is 2. The molecule has 1 aromatic carbocycles. The first-order valence-electron chi connectivity index (χ1n) is 4.42. The molecule has 4 nitrogen and oxygen atoms in total. The van der Waals surface area contributed by atoms with Crippen molar-refractivity contribution in [3.63, 3.8) is 0 Å². The first-order valence-corrected chi connectivity index (χ1v) is 4.42. The van der Waals surface area contributed by atoms with Crippen LogP contribution in [0.2, 0.25) is 0 Å². The predicted octanol–water partition coefficient (Wildman–Crippen LogP) is 2.25. The molecule has 1 aromatic heterocycles. The van der Waals surface area contributed by atoms with Crippen LogP contribution < -0.4 is 0 Å². The van der Waals surface area contributed by atoms with E-state index in [-0.39, 0.29) is 11.5 Å². The van der Waals surface area contributed by atoms with Crippen molar-refractivity contribution in [3.8, 4) is 17.2 Å². The Labute approximate surface area is 86.2 Å².